The summed E-state index contributed by atoms with van der Waals surface area (Å²) in [6.45, 7) is 2.72. The third kappa shape index (κ3) is 3.20. The van der Waals surface area contributed by atoms with E-state index in [0.717, 1.165) is 11.4 Å². The van der Waals surface area contributed by atoms with Crippen LogP contribution in [0.25, 0.3) is 0 Å². The van der Waals surface area contributed by atoms with Crippen LogP contribution in [0.2, 0.25) is 0 Å². The van der Waals surface area contributed by atoms with Gasteiger partial charge in [-0.05, 0) is 25.1 Å². The van der Waals surface area contributed by atoms with Crippen molar-refractivity contribution < 1.29 is 19.1 Å². The molecular formula is C14H18N2O4. The van der Waals surface area contributed by atoms with Crippen molar-refractivity contribution in [3.63, 3.8) is 0 Å². The predicted octanol–water partition coefficient (Wildman–Crippen LogP) is 1.41. The largest absolute Gasteiger partial charge is 0.482 e. The van der Waals surface area contributed by atoms with Crippen LogP contribution in [0.1, 0.15) is 13.3 Å². The van der Waals surface area contributed by atoms with Gasteiger partial charge in [-0.15, -0.1) is 0 Å². The van der Waals surface area contributed by atoms with Crippen molar-refractivity contribution >= 4 is 23.3 Å². The number of hydrogen-bond acceptors (Lipinski definition) is 5. The Balaban J connectivity index is 1.97. The average molecular weight is 278 g/mol. The molecule has 0 atom stereocenters. The first-order valence-electron chi connectivity index (χ1n) is 6.54. The summed E-state index contributed by atoms with van der Waals surface area (Å²) in [7, 11) is 1.71. The first-order chi connectivity index (χ1) is 9.61. The predicted molar refractivity (Wildman–Crippen MR) is 75.1 cm³/mol. The number of likely N-dealkylation sites (N-methyl/N-ethyl adjacent to an activating group) is 1. The maximum Gasteiger partial charge on any atom is 0.307 e. The fourth-order valence-electron chi connectivity index (χ4n) is 1.92. The van der Waals surface area contributed by atoms with E-state index in [1.807, 2.05) is 18.2 Å². The van der Waals surface area contributed by atoms with Crippen molar-refractivity contribution in [3.8, 4) is 5.75 Å². The molecule has 0 aromatic heterocycles. The SMILES string of the molecule is CCOC(=O)CCNc1ccc2c(c1)N(C)C(=O)CO2. The van der Waals surface area contributed by atoms with Gasteiger partial charge in [0.2, 0.25) is 0 Å². The van der Waals surface area contributed by atoms with Crippen LogP contribution in [-0.4, -0.2) is 38.7 Å². The molecule has 6 nitrogen and oxygen atoms in total. The van der Waals surface area contributed by atoms with Crippen LogP contribution in [0.4, 0.5) is 11.4 Å². The van der Waals surface area contributed by atoms with Crippen LogP contribution in [0.3, 0.4) is 0 Å². The Kier molecular flexibility index (Phi) is 4.45. The third-order valence-electron chi connectivity index (χ3n) is 3.01. The highest BCUT2D eigenvalue weighted by Crippen LogP contribution is 2.33. The third-order valence-corrected chi connectivity index (χ3v) is 3.01. The molecule has 1 heterocycles. The van der Waals surface area contributed by atoms with Crippen LogP contribution < -0.4 is 15.0 Å². The smallest absolute Gasteiger partial charge is 0.307 e. The van der Waals surface area contributed by atoms with E-state index in [2.05, 4.69) is 5.32 Å². The second kappa shape index (κ2) is 6.27. The average Bonchev–Trinajstić information content (AvgIpc) is 2.44. The van der Waals surface area contributed by atoms with Gasteiger partial charge in [0, 0.05) is 19.3 Å². The second-order valence-corrected chi connectivity index (χ2v) is 4.41. The lowest BCUT2D eigenvalue weighted by Crippen LogP contribution is -2.35. The summed E-state index contributed by atoms with van der Waals surface area (Å²) in [5.74, 6) is 0.373. The molecule has 108 valence electrons. The quantitative estimate of drug-likeness (QED) is 0.825. The molecule has 0 radical (unpaired) electrons. The van der Waals surface area contributed by atoms with Gasteiger partial charge in [0.1, 0.15) is 5.75 Å². The van der Waals surface area contributed by atoms with Gasteiger partial charge >= 0.3 is 5.97 Å². The molecule has 1 aliphatic rings. The van der Waals surface area contributed by atoms with Crippen molar-refractivity contribution in [1.82, 2.24) is 0 Å². The van der Waals surface area contributed by atoms with E-state index >= 15 is 0 Å². The Hall–Kier alpha value is -2.24. The summed E-state index contributed by atoms with van der Waals surface area (Å²) >= 11 is 0. The van der Waals surface area contributed by atoms with E-state index in [1.54, 1.807) is 18.9 Å². The second-order valence-electron chi connectivity index (χ2n) is 4.41. The highest BCUT2D eigenvalue weighted by atomic mass is 16.5. The molecule has 0 bridgehead atoms. The zero-order valence-electron chi connectivity index (χ0n) is 11.6. The number of amides is 1. The van der Waals surface area contributed by atoms with Gasteiger partial charge in [0.15, 0.2) is 6.61 Å². The fourth-order valence-corrected chi connectivity index (χ4v) is 1.92. The number of ether oxygens (including phenoxy) is 2. The molecule has 1 N–H and O–H groups in total. The van der Waals surface area contributed by atoms with Gasteiger partial charge in [-0.2, -0.15) is 0 Å². The number of benzene rings is 1. The summed E-state index contributed by atoms with van der Waals surface area (Å²) in [4.78, 5) is 24.4. The van der Waals surface area contributed by atoms with Crippen molar-refractivity contribution in [2.24, 2.45) is 0 Å². The van der Waals surface area contributed by atoms with Crippen molar-refractivity contribution in [1.29, 1.82) is 0 Å². The van der Waals surface area contributed by atoms with E-state index in [1.165, 1.54) is 0 Å². The molecule has 0 aliphatic carbocycles. The number of esters is 1. The summed E-state index contributed by atoms with van der Waals surface area (Å²) in [6.07, 6.45) is 0.302. The maximum absolute atomic E-state index is 11.6. The summed E-state index contributed by atoms with van der Waals surface area (Å²) in [6, 6.07) is 5.50. The number of fused-ring (bicyclic) bond motifs is 1. The number of hydrogen-bond donors (Lipinski definition) is 1. The summed E-state index contributed by atoms with van der Waals surface area (Å²) in [5, 5.41) is 3.13. The lowest BCUT2D eigenvalue weighted by molar-refractivity contribution is -0.142. The number of carbonyl (C=O) groups excluding carboxylic acids is 2. The Morgan fingerprint density at radius 1 is 1.50 bits per heavy atom. The maximum atomic E-state index is 11.6. The molecule has 0 unspecified atom stereocenters. The monoisotopic (exact) mass is 278 g/mol. The van der Waals surface area contributed by atoms with Crippen LogP contribution in [0.5, 0.6) is 5.75 Å². The zero-order valence-corrected chi connectivity index (χ0v) is 11.6. The summed E-state index contributed by atoms with van der Waals surface area (Å²) < 4.78 is 10.2. The molecule has 1 aromatic rings. The highest BCUT2D eigenvalue weighted by molar-refractivity contribution is 5.97. The minimum atomic E-state index is -0.228. The molecule has 0 fully saturated rings. The standard InChI is InChI=1S/C14H18N2O4/c1-3-19-14(18)6-7-15-10-4-5-12-11(8-10)16(2)13(17)9-20-12/h4-5,8,15H,3,6-7,9H2,1-2H3. The van der Waals surface area contributed by atoms with E-state index in [0.29, 0.717) is 25.3 Å². The van der Waals surface area contributed by atoms with E-state index in [4.69, 9.17) is 9.47 Å². The van der Waals surface area contributed by atoms with E-state index in [-0.39, 0.29) is 18.5 Å². The Morgan fingerprint density at radius 2 is 2.30 bits per heavy atom. The van der Waals surface area contributed by atoms with Gasteiger partial charge in [-0.3, -0.25) is 9.59 Å². The Morgan fingerprint density at radius 3 is 3.05 bits per heavy atom. The molecule has 0 saturated heterocycles. The first kappa shape index (κ1) is 14.2. The fraction of sp³-hybridized carbons (Fsp3) is 0.429. The molecule has 1 amide bonds. The summed E-state index contributed by atoms with van der Waals surface area (Å²) in [5.41, 5.74) is 1.56. The van der Waals surface area contributed by atoms with Gasteiger partial charge in [-0.1, -0.05) is 0 Å². The van der Waals surface area contributed by atoms with Crippen LogP contribution in [0.15, 0.2) is 18.2 Å². The lowest BCUT2D eigenvalue weighted by atomic mass is 10.2. The Labute approximate surface area is 117 Å². The van der Waals surface area contributed by atoms with Crippen LogP contribution >= 0.6 is 0 Å². The lowest BCUT2D eigenvalue weighted by Gasteiger charge is -2.26. The number of carbonyl (C=O) groups is 2. The van der Waals surface area contributed by atoms with Gasteiger partial charge < -0.3 is 19.7 Å². The van der Waals surface area contributed by atoms with E-state index in [9.17, 15) is 9.59 Å². The van der Waals surface area contributed by atoms with E-state index < -0.39 is 0 Å². The van der Waals surface area contributed by atoms with Crippen LogP contribution in [-0.2, 0) is 14.3 Å². The van der Waals surface area contributed by atoms with Crippen molar-refractivity contribution in [3.05, 3.63) is 18.2 Å². The molecule has 20 heavy (non-hydrogen) atoms. The Bertz CT molecular complexity index is 516. The minimum absolute atomic E-state index is 0.0686. The molecular weight excluding hydrogens is 260 g/mol. The topological polar surface area (TPSA) is 67.9 Å². The number of anilines is 2. The molecule has 2 rings (SSSR count). The van der Waals surface area contributed by atoms with Gasteiger partial charge in [0.05, 0.1) is 18.7 Å². The normalized spacial score (nSPS) is 13.5. The number of rotatable bonds is 5. The first-order valence-corrected chi connectivity index (χ1v) is 6.54. The van der Waals surface area contributed by atoms with Crippen molar-refractivity contribution in [2.75, 3.05) is 37.0 Å². The molecule has 0 saturated carbocycles. The van der Waals surface area contributed by atoms with Crippen molar-refractivity contribution in [2.45, 2.75) is 13.3 Å². The minimum Gasteiger partial charge on any atom is -0.482 e. The molecule has 0 spiro atoms. The number of nitrogens with one attached hydrogen (secondary N) is 1. The number of nitrogens with zero attached hydrogens (tertiary/aromatic N) is 1. The highest BCUT2D eigenvalue weighted by Gasteiger charge is 2.22. The molecule has 1 aliphatic heterocycles. The molecule has 6 heteroatoms. The van der Waals surface area contributed by atoms with Crippen LogP contribution in [0, 0.1) is 0 Å². The zero-order chi connectivity index (χ0) is 14.5. The molecule has 1 aromatic carbocycles. The van der Waals surface area contributed by atoms with Gasteiger partial charge in [0.25, 0.3) is 5.91 Å². The van der Waals surface area contributed by atoms with Gasteiger partial charge in [-0.25, -0.2) is 0 Å².